The second-order valence-corrected chi connectivity index (χ2v) is 6.55. The Morgan fingerprint density at radius 2 is 1.83 bits per heavy atom. The molecule has 2 aromatic rings. The number of rotatable bonds is 5. The Balaban J connectivity index is 1.51. The number of aromatic nitrogens is 2. The van der Waals surface area contributed by atoms with E-state index in [4.69, 9.17) is 0 Å². The molecule has 0 bridgehead atoms. The van der Waals surface area contributed by atoms with E-state index in [-0.39, 0.29) is 5.91 Å². The zero-order valence-corrected chi connectivity index (χ0v) is 14.6. The summed E-state index contributed by atoms with van der Waals surface area (Å²) in [5, 5.41) is 4.39. The van der Waals surface area contributed by atoms with Crippen LogP contribution in [0.5, 0.6) is 0 Å². The number of hydrogen-bond donors (Lipinski definition) is 0. The number of benzene rings is 1. The van der Waals surface area contributed by atoms with Gasteiger partial charge >= 0.3 is 0 Å². The van der Waals surface area contributed by atoms with Crippen LogP contribution in [0.25, 0.3) is 0 Å². The van der Waals surface area contributed by atoms with Crippen LogP contribution in [0.1, 0.15) is 34.8 Å². The Morgan fingerprint density at radius 1 is 1.12 bits per heavy atom. The van der Waals surface area contributed by atoms with Crippen LogP contribution in [0, 0.1) is 6.92 Å². The first kappa shape index (κ1) is 16.7. The average molecular weight is 326 g/mol. The van der Waals surface area contributed by atoms with Crippen LogP contribution in [-0.4, -0.2) is 51.7 Å². The third kappa shape index (κ3) is 4.03. The maximum atomic E-state index is 12.5. The third-order valence-electron chi connectivity index (χ3n) is 4.50. The van der Waals surface area contributed by atoms with Crippen molar-refractivity contribution in [3.05, 3.63) is 53.3 Å². The zero-order valence-electron chi connectivity index (χ0n) is 14.6. The number of hydrogen-bond acceptors (Lipinski definition) is 3. The van der Waals surface area contributed by atoms with Gasteiger partial charge in [0.25, 0.3) is 5.91 Å². The van der Waals surface area contributed by atoms with E-state index in [0.717, 1.165) is 51.3 Å². The van der Waals surface area contributed by atoms with Gasteiger partial charge in [0.2, 0.25) is 0 Å². The van der Waals surface area contributed by atoms with E-state index in [9.17, 15) is 4.79 Å². The molecule has 1 fully saturated rings. The summed E-state index contributed by atoms with van der Waals surface area (Å²) in [4.78, 5) is 16.9. The van der Waals surface area contributed by atoms with Gasteiger partial charge < -0.3 is 4.90 Å². The zero-order chi connectivity index (χ0) is 16.9. The molecule has 3 rings (SSSR count). The summed E-state index contributed by atoms with van der Waals surface area (Å²) in [5.74, 6) is 0.144. The smallest absolute Gasteiger partial charge is 0.253 e. The second kappa shape index (κ2) is 7.62. The number of piperazine rings is 1. The van der Waals surface area contributed by atoms with Crippen molar-refractivity contribution in [2.75, 3.05) is 26.2 Å². The van der Waals surface area contributed by atoms with E-state index in [1.165, 1.54) is 11.1 Å². The molecule has 0 saturated carbocycles. The highest BCUT2D eigenvalue weighted by Gasteiger charge is 2.22. The molecule has 0 unspecified atom stereocenters. The van der Waals surface area contributed by atoms with Crippen molar-refractivity contribution in [3.63, 3.8) is 0 Å². The lowest BCUT2D eigenvalue weighted by Crippen LogP contribution is -2.48. The highest BCUT2D eigenvalue weighted by Crippen LogP contribution is 2.12. The van der Waals surface area contributed by atoms with Gasteiger partial charge in [0.1, 0.15) is 0 Å². The monoisotopic (exact) mass is 326 g/mol. The normalized spacial score (nSPS) is 15.7. The van der Waals surface area contributed by atoms with Gasteiger partial charge in [-0.3, -0.25) is 14.4 Å². The topological polar surface area (TPSA) is 41.4 Å². The average Bonchev–Trinajstić information content (AvgIpc) is 3.03. The minimum Gasteiger partial charge on any atom is -0.336 e. The molecule has 5 nitrogen and oxygen atoms in total. The Bertz CT molecular complexity index is 669. The van der Waals surface area contributed by atoms with Gasteiger partial charge in [-0.25, -0.2) is 0 Å². The van der Waals surface area contributed by atoms with E-state index in [1.54, 1.807) is 0 Å². The first-order valence-electron chi connectivity index (χ1n) is 8.75. The molecule has 1 aliphatic heterocycles. The maximum Gasteiger partial charge on any atom is 0.253 e. The van der Waals surface area contributed by atoms with Crippen molar-refractivity contribution < 1.29 is 4.79 Å². The van der Waals surface area contributed by atoms with Crippen LogP contribution in [0.2, 0.25) is 0 Å². The lowest BCUT2D eigenvalue weighted by atomic mass is 10.1. The lowest BCUT2D eigenvalue weighted by molar-refractivity contribution is 0.0628. The van der Waals surface area contributed by atoms with E-state index in [2.05, 4.69) is 23.1 Å². The van der Waals surface area contributed by atoms with Gasteiger partial charge in [-0.2, -0.15) is 5.10 Å². The van der Waals surface area contributed by atoms with Crippen molar-refractivity contribution in [2.45, 2.75) is 33.4 Å². The molecule has 0 aliphatic carbocycles. The summed E-state index contributed by atoms with van der Waals surface area (Å²) >= 11 is 0. The van der Waals surface area contributed by atoms with E-state index < -0.39 is 0 Å². The first-order chi connectivity index (χ1) is 11.7. The Morgan fingerprint density at radius 3 is 2.50 bits per heavy atom. The summed E-state index contributed by atoms with van der Waals surface area (Å²) in [6.07, 6.45) is 5.19. The molecular formula is C19H26N4O. The van der Waals surface area contributed by atoms with Gasteiger partial charge in [-0.05, 0) is 25.5 Å². The van der Waals surface area contributed by atoms with Gasteiger partial charge in [-0.1, -0.05) is 24.6 Å². The van der Waals surface area contributed by atoms with Gasteiger partial charge in [0.15, 0.2) is 0 Å². The van der Waals surface area contributed by atoms with Crippen molar-refractivity contribution in [2.24, 2.45) is 0 Å². The molecule has 0 spiro atoms. The molecule has 1 aliphatic rings. The molecule has 5 heteroatoms. The van der Waals surface area contributed by atoms with Crippen LogP contribution < -0.4 is 0 Å². The largest absolute Gasteiger partial charge is 0.336 e. The second-order valence-electron chi connectivity index (χ2n) is 6.55. The van der Waals surface area contributed by atoms with Crippen LogP contribution in [0.15, 0.2) is 36.7 Å². The number of nitrogens with zero attached hydrogens (tertiary/aromatic N) is 4. The minimum absolute atomic E-state index is 0.144. The molecule has 1 saturated heterocycles. The fourth-order valence-electron chi connectivity index (χ4n) is 3.09. The van der Waals surface area contributed by atoms with Gasteiger partial charge in [0.05, 0.1) is 6.20 Å². The van der Waals surface area contributed by atoms with E-state index >= 15 is 0 Å². The molecule has 0 N–H and O–H groups in total. The summed E-state index contributed by atoms with van der Waals surface area (Å²) in [7, 11) is 0. The highest BCUT2D eigenvalue weighted by atomic mass is 16.2. The molecule has 24 heavy (non-hydrogen) atoms. The van der Waals surface area contributed by atoms with Crippen LogP contribution in [0.3, 0.4) is 0 Å². The predicted octanol–water partition coefficient (Wildman–Crippen LogP) is 2.56. The quantitative estimate of drug-likeness (QED) is 0.848. The van der Waals surface area contributed by atoms with Crippen LogP contribution >= 0.6 is 0 Å². The van der Waals surface area contributed by atoms with E-state index in [0.29, 0.717) is 0 Å². The molecule has 1 amide bonds. The lowest BCUT2D eigenvalue weighted by Gasteiger charge is -2.34. The van der Waals surface area contributed by atoms with Gasteiger partial charge in [0, 0.05) is 56.6 Å². The molecule has 0 atom stereocenters. The fourth-order valence-corrected chi connectivity index (χ4v) is 3.09. The fraction of sp³-hybridized carbons (Fsp3) is 0.474. The van der Waals surface area contributed by atoms with E-state index in [1.807, 2.05) is 47.0 Å². The minimum atomic E-state index is 0.144. The standard InChI is InChI=1S/C19H26N4O/c1-3-8-23-15-17(13-20-23)14-21-9-11-22(12-10-21)19(24)18-6-4-16(2)5-7-18/h4-7,13,15H,3,8-12,14H2,1-2H3. The molecule has 1 aromatic carbocycles. The SMILES string of the molecule is CCCn1cc(CN2CCN(C(=O)c3ccc(C)cc3)CC2)cn1. The van der Waals surface area contributed by atoms with Gasteiger partial charge in [-0.15, -0.1) is 0 Å². The maximum absolute atomic E-state index is 12.5. The first-order valence-corrected chi connectivity index (χ1v) is 8.75. The predicted molar refractivity (Wildman–Crippen MR) is 94.9 cm³/mol. The van der Waals surface area contributed by atoms with Crippen LogP contribution in [0.4, 0.5) is 0 Å². The summed E-state index contributed by atoms with van der Waals surface area (Å²) in [6.45, 7) is 9.48. The Labute approximate surface area is 143 Å². The molecule has 0 radical (unpaired) electrons. The number of carbonyl (C=O) groups excluding carboxylic acids is 1. The Hall–Kier alpha value is -2.14. The van der Waals surface area contributed by atoms with Crippen LogP contribution in [-0.2, 0) is 13.1 Å². The summed E-state index contributed by atoms with van der Waals surface area (Å²) < 4.78 is 2.01. The number of carbonyl (C=O) groups is 1. The van der Waals surface area contributed by atoms with Crippen molar-refractivity contribution >= 4 is 5.91 Å². The Kier molecular flexibility index (Phi) is 5.30. The highest BCUT2D eigenvalue weighted by molar-refractivity contribution is 5.94. The van der Waals surface area contributed by atoms with Crippen molar-refractivity contribution in [3.8, 4) is 0 Å². The third-order valence-corrected chi connectivity index (χ3v) is 4.50. The molecular weight excluding hydrogens is 300 g/mol. The summed E-state index contributed by atoms with van der Waals surface area (Å²) in [6, 6.07) is 7.84. The molecule has 1 aromatic heterocycles. The summed E-state index contributed by atoms with van der Waals surface area (Å²) in [5.41, 5.74) is 3.22. The number of amides is 1. The molecule has 128 valence electrons. The van der Waals surface area contributed by atoms with Crippen molar-refractivity contribution in [1.82, 2.24) is 19.6 Å². The molecule has 2 heterocycles. The number of aryl methyl sites for hydroxylation is 2. The van der Waals surface area contributed by atoms with Crippen molar-refractivity contribution in [1.29, 1.82) is 0 Å².